The Morgan fingerprint density at radius 3 is 1.23 bits per heavy atom. The normalized spacial score (nSPS) is 10.8. The number of rotatable bonds is 10. The van der Waals surface area contributed by atoms with Gasteiger partial charge in [0.25, 0.3) is 11.8 Å². The number of phenols is 2. The highest BCUT2D eigenvalue weighted by atomic mass is 32.2. The van der Waals surface area contributed by atoms with Gasteiger partial charge in [-0.25, -0.2) is 8.42 Å². The van der Waals surface area contributed by atoms with Crippen molar-refractivity contribution in [2.45, 2.75) is 23.6 Å². The van der Waals surface area contributed by atoms with E-state index in [9.17, 15) is 28.2 Å². The van der Waals surface area contributed by atoms with Crippen LogP contribution in [-0.2, 0) is 19.4 Å². The van der Waals surface area contributed by atoms with E-state index in [1.165, 1.54) is 72.8 Å². The Balaban J connectivity index is 1.41. The summed E-state index contributed by atoms with van der Waals surface area (Å²) in [6, 6.07) is 20.2. The molecular weight excluding hydrogens is 572 g/mol. The molecule has 43 heavy (non-hydrogen) atoms. The molecule has 0 aliphatic rings. The Hall–Kier alpha value is -5.55. The summed E-state index contributed by atoms with van der Waals surface area (Å²) in [7, 11) is -3.87. The first-order chi connectivity index (χ1) is 20.3. The number of amides is 2. The summed E-state index contributed by atoms with van der Waals surface area (Å²) in [4.78, 5) is 23.6. The molecule has 4 rings (SSSR count). The van der Waals surface area contributed by atoms with E-state index < -0.39 is 21.7 Å². The summed E-state index contributed by atoms with van der Waals surface area (Å²) in [6.45, 7) is 10.2. The lowest BCUT2D eigenvalue weighted by Gasteiger charge is -2.11. The van der Waals surface area contributed by atoms with E-state index in [1.54, 1.807) is 26.0 Å². The number of aromatic hydroxyl groups is 2. The highest BCUT2D eigenvalue weighted by Gasteiger charge is 2.18. The number of hydrogen-bond donors (Lipinski definition) is 4. The fourth-order valence-electron chi connectivity index (χ4n) is 3.60. The number of hydrogen-bond acceptors (Lipinski definition) is 8. The largest absolute Gasteiger partial charge is 0.506 e. The molecule has 4 aromatic carbocycles. The van der Waals surface area contributed by atoms with Crippen molar-refractivity contribution in [2.75, 3.05) is 10.6 Å². The molecule has 0 bridgehead atoms. The fraction of sp³-hybridized carbons (Fsp3) is 0.0625. The Kier molecular flexibility index (Phi) is 8.87. The van der Waals surface area contributed by atoms with Crippen LogP contribution >= 0.6 is 0 Å². The van der Waals surface area contributed by atoms with Gasteiger partial charge < -0.3 is 30.3 Å². The SMILES string of the molecule is C=C(C)C(=O)Nc1ccc(Oc2ccc(S(=O)(=O)c3ccc(Oc4ccc(NC(=O)C(=C)C)c(O)c4)cc3)cc2)cc1O. The summed E-state index contributed by atoms with van der Waals surface area (Å²) in [6.07, 6.45) is 0. The first-order valence-electron chi connectivity index (χ1n) is 12.7. The maximum atomic E-state index is 13.2. The summed E-state index contributed by atoms with van der Waals surface area (Å²) >= 11 is 0. The standard InChI is InChI=1S/C32H28N2O8S/c1-19(2)31(37)33-27-15-9-23(17-29(27)35)41-21-5-11-25(12-6-21)43(39,40)26-13-7-22(8-14-26)42-24-10-16-28(30(36)18-24)34-32(38)20(3)4/h5-18,35-36H,1,3H2,2,4H3,(H,33,37)(H,34,38). The van der Waals surface area contributed by atoms with Gasteiger partial charge in [-0.3, -0.25) is 9.59 Å². The average molecular weight is 601 g/mol. The lowest BCUT2D eigenvalue weighted by molar-refractivity contribution is -0.113. The third-order valence-electron chi connectivity index (χ3n) is 5.95. The third kappa shape index (κ3) is 7.40. The van der Waals surface area contributed by atoms with Gasteiger partial charge in [0.05, 0.1) is 21.2 Å². The number of sulfone groups is 1. The molecule has 0 atom stereocenters. The van der Waals surface area contributed by atoms with Gasteiger partial charge in [0, 0.05) is 23.3 Å². The lowest BCUT2D eigenvalue weighted by atomic mass is 10.2. The van der Waals surface area contributed by atoms with Crippen LogP contribution in [0.5, 0.6) is 34.5 Å². The van der Waals surface area contributed by atoms with E-state index in [2.05, 4.69) is 23.8 Å². The number of phenolic OH excluding ortho intramolecular Hbond substituents is 2. The molecule has 2 amide bonds. The Labute approximate surface area is 248 Å². The van der Waals surface area contributed by atoms with Gasteiger partial charge >= 0.3 is 0 Å². The van der Waals surface area contributed by atoms with Gasteiger partial charge in [-0.2, -0.15) is 0 Å². The quantitative estimate of drug-likeness (QED) is 0.118. The average Bonchev–Trinajstić information content (AvgIpc) is 2.96. The van der Waals surface area contributed by atoms with Crippen LogP contribution < -0.4 is 20.1 Å². The molecule has 0 spiro atoms. The zero-order chi connectivity index (χ0) is 31.3. The maximum absolute atomic E-state index is 13.2. The topological polar surface area (TPSA) is 151 Å². The van der Waals surface area contributed by atoms with Gasteiger partial charge in [-0.1, -0.05) is 13.2 Å². The van der Waals surface area contributed by atoms with Gasteiger partial charge in [0.1, 0.15) is 34.5 Å². The van der Waals surface area contributed by atoms with Crippen LogP contribution in [0.25, 0.3) is 0 Å². The molecule has 0 aromatic heterocycles. The molecule has 0 saturated carbocycles. The fourth-order valence-corrected chi connectivity index (χ4v) is 4.86. The van der Waals surface area contributed by atoms with Crippen molar-refractivity contribution in [3.8, 4) is 34.5 Å². The van der Waals surface area contributed by atoms with Crippen LogP contribution in [0.15, 0.2) is 119 Å². The van der Waals surface area contributed by atoms with Crippen LogP contribution in [0.4, 0.5) is 11.4 Å². The molecule has 0 aliphatic heterocycles. The zero-order valence-corrected chi connectivity index (χ0v) is 24.1. The monoisotopic (exact) mass is 600 g/mol. The Morgan fingerprint density at radius 2 is 0.930 bits per heavy atom. The van der Waals surface area contributed by atoms with Crippen molar-refractivity contribution in [3.63, 3.8) is 0 Å². The zero-order valence-electron chi connectivity index (χ0n) is 23.2. The second-order valence-electron chi connectivity index (χ2n) is 9.48. The molecule has 0 unspecified atom stereocenters. The predicted molar refractivity (Wildman–Crippen MR) is 162 cm³/mol. The number of carbonyl (C=O) groups excluding carboxylic acids is 2. The summed E-state index contributed by atoms with van der Waals surface area (Å²) < 4.78 is 37.8. The molecule has 10 nitrogen and oxygen atoms in total. The highest BCUT2D eigenvalue weighted by Crippen LogP contribution is 2.34. The van der Waals surface area contributed by atoms with E-state index in [0.29, 0.717) is 11.5 Å². The second-order valence-corrected chi connectivity index (χ2v) is 11.4. The van der Waals surface area contributed by atoms with E-state index in [0.717, 1.165) is 0 Å². The van der Waals surface area contributed by atoms with E-state index in [4.69, 9.17) is 9.47 Å². The van der Waals surface area contributed by atoms with Crippen molar-refractivity contribution < 1.29 is 37.7 Å². The van der Waals surface area contributed by atoms with Crippen molar-refractivity contribution in [1.29, 1.82) is 0 Å². The molecule has 220 valence electrons. The smallest absolute Gasteiger partial charge is 0.250 e. The number of benzene rings is 4. The molecule has 0 aliphatic carbocycles. The molecule has 11 heteroatoms. The minimum atomic E-state index is -3.87. The Morgan fingerprint density at radius 1 is 0.605 bits per heavy atom. The highest BCUT2D eigenvalue weighted by molar-refractivity contribution is 7.91. The van der Waals surface area contributed by atoms with Gasteiger partial charge in [0.2, 0.25) is 9.84 Å². The Bertz CT molecular complexity index is 1700. The van der Waals surface area contributed by atoms with Crippen molar-refractivity contribution in [3.05, 3.63) is 109 Å². The number of nitrogens with one attached hydrogen (secondary N) is 2. The number of ether oxygens (including phenoxy) is 2. The summed E-state index contributed by atoms with van der Waals surface area (Å²) in [5.74, 6) is -0.0722. The van der Waals surface area contributed by atoms with Crippen LogP contribution in [-0.4, -0.2) is 30.4 Å². The van der Waals surface area contributed by atoms with Crippen LogP contribution in [0.1, 0.15) is 13.8 Å². The van der Waals surface area contributed by atoms with Crippen LogP contribution in [0.2, 0.25) is 0 Å². The molecule has 0 heterocycles. The third-order valence-corrected chi connectivity index (χ3v) is 7.74. The van der Waals surface area contributed by atoms with Crippen molar-refractivity contribution in [1.82, 2.24) is 0 Å². The van der Waals surface area contributed by atoms with Gasteiger partial charge in [-0.15, -0.1) is 0 Å². The first kappa shape index (κ1) is 30.4. The summed E-state index contributed by atoms with van der Waals surface area (Å²) in [5.41, 5.74) is 0.959. The first-order valence-corrected chi connectivity index (χ1v) is 14.2. The number of carbonyl (C=O) groups is 2. The maximum Gasteiger partial charge on any atom is 0.250 e. The van der Waals surface area contributed by atoms with Crippen LogP contribution in [0.3, 0.4) is 0 Å². The van der Waals surface area contributed by atoms with E-state index >= 15 is 0 Å². The molecule has 4 aromatic rings. The van der Waals surface area contributed by atoms with Crippen LogP contribution in [0, 0.1) is 0 Å². The molecule has 0 saturated heterocycles. The molecule has 0 radical (unpaired) electrons. The van der Waals surface area contributed by atoms with Gasteiger partial charge in [-0.05, 0) is 86.6 Å². The molecular formula is C32H28N2O8S. The van der Waals surface area contributed by atoms with E-state index in [1.807, 2.05) is 0 Å². The molecule has 4 N–H and O–H groups in total. The minimum Gasteiger partial charge on any atom is -0.506 e. The van der Waals surface area contributed by atoms with E-state index in [-0.39, 0.29) is 55.3 Å². The minimum absolute atomic E-state index is 0.0338. The van der Waals surface area contributed by atoms with Crippen molar-refractivity contribution in [2.24, 2.45) is 0 Å². The predicted octanol–water partition coefficient (Wildman–Crippen LogP) is 6.54. The summed E-state index contributed by atoms with van der Waals surface area (Å²) in [5, 5.41) is 25.5. The second kappa shape index (κ2) is 12.5. The van der Waals surface area contributed by atoms with Gasteiger partial charge in [0.15, 0.2) is 0 Å². The number of anilines is 2. The van der Waals surface area contributed by atoms with Crippen molar-refractivity contribution >= 4 is 33.0 Å². The lowest BCUT2D eigenvalue weighted by Crippen LogP contribution is -2.11. The molecule has 0 fully saturated rings.